The van der Waals surface area contributed by atoms with Gasteiger partial charge in [-0.1, -0.05) is 0 Å². The van der Waals surface area contributed by atoms with Crippen LogP contribution in [0.25, 0.3) is 0 Å². The first-order valence-corrected chi connectivity index (χ1v) is 5.36. The lowest BCUT2D eigenvalue weighted by molar-refractivity contribution is 0.113. The second-order valence-corrected chi connectivity index (χ2v) is 3.96. The first-order chi connectivity index (χ1) is 6.22. The van der Waals surface area contributed by atoms with E-state index in [1.165, 1.54) is 11.8 Å². The van der Waals surface area contributed by atoms with Gasteiger partial charge in [0.15, 0.2) is 5.22 Å². The van der Waals surface area contributed by atoms with E-state index >= 15 is 0 Å². The predicted molar refractivity (Wildman–Crippen MR) is 53.0 cm³/mol. The molecule has 0 aliphatic carbocycles. The van der Waals surface area contributed by atoms with E-state index in [2.05, 4.69) is 0 Å². The van der Waals surface area contributed by atoms with Gasteiger partial charge in [-0.3, -0.25) is 0 Å². The van der Waals surface area contributed by atoms with Crippen molar-refractivity contribution in [1.82, 2.24) is 0 Å². The fraction of sp³-hybridized carbons (Fsp3) is 0.500. The van der Waals surface area contributed by atoms with Gasteiger partial charge in [-0.25, -0.2) is 0 Å². The van der Waals surface area contributed by atoms with Crippen molar-refractivity contribution in [3.8, 4) is 0 Å². The number of halogens is 1. The summed E-state index contributed by atoms with van der Waals surface area (Å²) in [5.74, 6) is 1.93. The van der Waals surface area contributed by atoms with Crippen molar-refractivity contribution >= 4 is 23.4 Å². The molecule has 0 saturated heterocycles. The smallest absolute Gasteiger partial charge is 0.193 e. The SMILES string of the molecule is OCC(O)CSCc1ccc(Cl)o1. The number of aliphatic hydroxyl groups is 2. The zero-order valence-electron chi connectivity index (χ0n) is 6.94. The van der Waals surface area contributed by atoms with Gasteiger partial charge in [0.1, 0.15) is 5.76 Å². The number of hydrogen-bond acceptors (Lipinski definition) is 4. The Labute approximate surface area is 85.7 Å². The minimum Gasteiger partial charge on any atom is -0.449 e. The van der Waals surface area contributed by atoms with Crippen LogP contribution in [0.5, 0.6) is 0 Å². The van der Waals surface area contributed by atoms with Crippen molar-refractivity contribution in [3.05, 3.63) is 23.1 Å². The van der Waals surface area contributed by atoms with Crippen LogP contribution in [-0.2, 0) is 5.75 Å². The Morgan fingerprint density at radius 2 is 2.31 bits per heavy atom. The topological polar surface area (TPSA) is 53.6 Å². The Morgan fingerprint density at radius 1 is 1.54 bits per heavy atom. The van der Waals surface area contributed by atoms with Crippen LogP contribution >= 0.6 is 23.4 Å². The molecule has 0 fully saturated rings. The van der Waals surface area contributed by atoms with Crippen LogP contribution in [0.1, 0.15) is 5.76 Å². The van der Waals surface area contributed by atoms with Gasteiger partial charge in [0.05, 0.1) is 18.5 Å². The number of thioether (sulfide) groups is 1. The molecule has 74 valence electrons. The maximum absolute atomic E-state index is 9.01. The molecule has 0 aliphatic heterocycles. The molecule has 1 rings (SSSR count). The summed E-state index contributed by atoms with van der Waals surface area (Å²) in [5, 5.41) is 17.9. The normalized spacial score (nSPS) is 13.2. The summed E-state index contributed by atoms with van der Waals surface area (Å²) in [6.07, 6.45) is -0.657. The zero-order chi connectivity index (χ0) is 9.68. The van der Waals surface area contributed by atoms with E-state index < -0.39 is 6.10 Å². The summed E-state index contributed by atoms with van der Waals surface area (Å²) in [6, 6.07) is 3.47. The van der Waals surface area contributed by atoms with Crippen molar-refractivity contribution in [2.75, 3.05) is 12.4 Å². The molecule has 0 amide bonds. The molecule has 0 spiro atoms. The van der Waals surface area contributed by atoms with Crippen LogP contribution in [0.4, 0.5) is 0 Å². The van der Waals surface area contributed by atoms with Crippen LogP contribution < -0.4 is 0 Å². The molecule has 0 aromatic carbocycles. The third-order valence-electron chi connectivity index (χ3n) is 1.39. The third kappa shape index (κ3) is 4.04. The molecule has 1 atom stereocenters. The standard InChI is InChI=1S/C8H11ClO3S/c9-8-2-1-7(12-8)5-13-4-6(11)3-10/h1-2,6,10-11H,3-5H2. The van der Waals surface area contributed by atoms with Gasteiger partial charge in [-0.2, -0.15) is 11.8 Å². The minimum absolute atomic E-state index is 0.202. The quantitative estimate of drug-likeness (QED) is 0.793. The van der Waals surface area contributed by atoms with Crippen molar-refractivity contribution in [3.63, 3.8) is 0 Å². The first kappa shape index (κ1) is 10.9. The number of furan rings is 1. The van der Waals surface area contributed by atoms with Gasteiger partial charge in [0, 0.05) is 5.75 Å². The van der Waals surface area contributed by atoms with Crippen molar-refractivity contribution < 1.29 is 14.6 Å². The largest absolute Gasteiger partial charge is 0.449 e. The lowest BCUT2D eigenvalue weighted by Gasteiger charge is -2.04. The maximum atomic E-state index is 9.01. The number of rotatable bonds is 5. The van der Waals surface area contributed by atoms with Gasteiger partial charge in [0.2, 0.25) is 0 Å². The molecule has 1 unspecified atom stereocenters. The van der Waals surface area contributed by atoms with Gasteiger partial charge >= 0.3 is 0 Å². The summed E-state index contributed by atoms with van der Waals surface area (Å²) >= 11 is 7.05. The summed E-state index contributed by atoms with van der Waals surface area (Å²) in [4.78, 5) is 0. The molecule has 0 aliphatic rings. The molecule has 1 aromatic rings. The van der Waals surface area contributed by atoms with E-state index in [1.807, 2.05) is 0 Å². The van der Waals surface area contributed by atoms with Crippen LogP contribution in [0.2, 0.25) is 5.22 Å². The molecule has 13 heavy (non-hydrogen) atoms. The second-order valence-electron chi connectivity index (χ2n) is 2.56. The minimum atomic E-state index is -0.657. The van der Waals surface area contributed by atoms with E-state index in [0.29, 0.717) is 16.7 Å². The molecular formula is C8H11ClO3S. The van der Waals surface area contributed by atoms with Crippen molar-refractivity contribution in [1.29, 1.82) is 0 Å². The van der Waals surface area contributed by atoms with E-state index in [1.54, 1.807) is 12.1 Å². The highest BCUT2D eigenvalue weighted by Gasteiger charge is 2.04. The molecule has 3 nitrogen and oxygen atoms in total. The molecule has 0 radical (unpaired) electrons. The van der Waals surface area contributed by atoms with Gasteiger partial charge < -0.3 is 14.6 Å². The molecule has 0 bridgehead atoms. The van der Waals surface area contributed by atoms with Gasteiger partial charge in [0.25, 0.3) is 0 Å². The highest BCUT2D eigenvalue weighted by molar-refractivity contribution is 7.98. The van der Waals surface area contributed by atoms with Crippen molar-refractivity contribution in [2.45, 2.75) is 11.9 Å². The average Bonchev–Trinajstić information content (AvgIpc) is 2.51. The van der Waals surface area contributed by atoms with Crippen LogP contribution in [-0.4, -0.2) is 28.7 Å². The molecular weight excluding hydrogens is 212 g/mol. The van der Waals surface area contributed by atoms with E-state index in [0.717, 1.165) is 5.76 Å². The Bertz CT molecular complexity index is 251. The van der Waals surface area contributed by atoms with Gasteiger partial charge in [-0.05, 0) is 23.7 Å². The fourth-order valence-corrected chi connectivity index (χ4v) is 1.79. The second kappa shape index (κ2) is 5.54. The zero-order valence-corrected chi connectivity index (χ0v) is 8.51. The van der Waals surface area contributed by atoms with Gasteiger partial charge in [-0.15, -0.1) is 0 Å². The molecule has 1 heterocycles. The monoisotopic (exact) mass is 222 g/mol. The Balaban J connectivity index is 2.20. The Kier molecular flexibility index (Phi) is 4.66. The highest BCUT2D eigenvalue weighted by Crippen LogP contribution is 2.18. The Morgan fingerprint density at radius 3 is 2.85 bits per heavy atom. The van der Waals surface area contributed by atoms with E-state index in [9.17, 15) is 0 Å². The highest BCUT2D eigenvalue weighted by atomic mass is 35.5. The lowest BCUT2D eigenvalue weighted by Crippen LogP contribution is -2.14. The number of hydrogen-bond donors (Lipinski definition) is 2. The summed E-state index contributed by atoms with van der Waals surface area (Å²) in [5.41, 5.74) is 0. The molecule has 2 N–H and O–H groups in total. The maximum Gasteiger partial charge on any atom is 0.193 e. The lowest BCUT2D eigenvalue weighted by atomic mass is 10.4. The summed E-state index contributed by atoms with van der Waals surface area (Å²) in [6.45, 7) is -0.202. The van der Waals surface area contributed by atoms with Crippen LogP contribution in [0, 0.1) is 0 Å². The summed E-state index contributed by atoms with van der Waals surface area (Å²) in [7, 11) is 0. The first-order valence-electron chi connectivity index (χ1n) is 3.83. The fourth-order valence-electron chi connectivity index (χ4n) is 0.778. The predicted octanol–water partition coefficient (Wildman–Crippen LogP) is 1.52. The van der Waals surface area contributed by atoms with E-state index in [4.69, 9.17) is 26.2 Å². The van der Waals surface area contributed by atoms with Crippen molar-refractivity contribution in [2.24, 2.45) is 0 Å². The molecule has 1 aromatic heterocycles. The van der Waals surface area contributed by atoms with Crippen LogP contribution in [0.15, 0.2) is 16.5 Å². The Hall–Kier alpha value is -0.160. The average molecular weight is 223 g/mol. The van der Waals surface area contributed by atoms with Crippen LogP contribution in [0.3, 0.4) is 0 Å². The summed E-state index contributed by atoms with van der Waals surface area (Å²) < 4.78 is 5.10. The number of aliphatic hydroxyl groups excluding tert-OH is 2. The van der Waals surface area contributed by atoms with E-state index in [-0.39, 0.29) is 6.61 Å². The molecule has 0 saturated carbocycles. The molecule has 5 heteroatoms. The third-order valence-corrected chi connectivity index (χ3v) is 2.71.